The maximum atomic E-state index is 4.31. The van der Waals surface area contributed by atoms with Gasteiger partial charge in [-0.3, -0.25) is 0 Å². The SMILES string of the molecule is C=Cc1c[c-]c(-c2ccccn2)cc1.CC(C)(C)c1c[c-]c(-c2ccccn2)cc1.CC(C)(C)c1c[c-]c(-c2ccccn2)cc1.[Ir+3]. The molecular formula is C43H42IrN3. The van der Waals surface area contributed by atoms with E-state index in [1.54, 1.807) is 24.7 Å². The Morgan fingerprint density at radius 1 is 0.489 bits per heavy atom. The predicted octanol–water partition coefficient (Wildman–Crippen LogP) is 10.9. The second-order valence-electron chi connectivity index (χ2n) is 12.9. The van der Waals surface area contributed by atoms with Crippen LogP contribution in [0, 0.1) is 18.2 Å². The Morgan fingerprint density at radius 3 is 1.09 bits per heavy atom. The van der Waals surface area contributed by atoms with Gasteiger partial charge in [0.1, 0.15) is 0 Å². The van der Waals surface area contributed by atoms with E-state index in [4.69, 9.17) is 0 Å². The van der Waals surface area contributed by atoms with Crippen LogP contribution in [0.15, 0.2) is 134 Å². The number of hydrogen-bond acceptors (Lipinski definition) is 3. The average molecular weight is 793 g/mol. The second-order valence-corrected chi connectivity index (χ2v) is 12.9. The number of benzene rings is 3. The van der Waals surface area contributed by atoms with E-state index in [0.29, 0.717) is 0 Å². The van der Waals surface area contributed by atoms with E-state index in [2.05, 4.69) is 118 Å². The minimum Gasteiger partial charge on any atom is -0.305 e. The summed E-state index contributed by atoms with van der Waals surface area (Å²) in [6.07, 6.45) is 7.20. The quantitative estimate of drug-likeness (QED) is 0.167. The van der Waals surface area contributed by atoms with Crippen LogP contribution in [-0.4, -0.2) is 15.0 Å². The van der Waals surface area contributed by atoms with Crippen LogP contribution in [0.2, 0.25) is 0 Å². The van der Waals surface area contributed by atoms with Crippen LogP contribution in [0.25, 0.3) is 39.8 Å². The van der Waals surface area contributed by atoms with Gasteiger partial charge in [-0.2, -0.15) is 0 Å². The molecule has 0 atom stereocenters. The summed E-state index contributed by atoms with van der Waals surface area (Å²) in [5.41, 5.74) is 10.0. The normalized spacial score (nSPS) is 10.7. The number of rotatable bonds is 4. The molecule has 0 amide bonds. The Kier molecular flexibility index (Phi) is 13.7. The molecule has 0 unspecified atom stereocenters. The Labute approximate surface area is 295 Å². The Balaban J connectivity index is 0.000000190. The molecule has 4 heteroatoms. The molecule has 238 valence electrons. The van der Waals surface area contributed by atoms with E-state index in [0.717, 1.165) is 39.3 Å². The molecule has 0 saturated heterocycles. The van der Waals surface area contributed by atoms with Crippen molar-refractivity contribution in [1.29, 1.82) is 0 Å². The number of nitrogens with zero attached hydrogens (tertiary/aromatic N) is 3. The predicted molar refractivity (Wildman–Crippen MR) is 193 cm³/mol. The molecule has 0 radical (unpaired) electrons. The number of pyridine rings is 3. The van der Waals surface area contributed by atoms with Crippen molar-refractivity contribution in [2.24, 2.45) is 0 Å². The third-order valence-electron chi connectivity index (χ3n) is 7.25. The molecule has 3 heterocycles. The fraction of sp³-hybridized carbons (Fsp3) is 0.186. The van der Waals surface area contributed by atoms with E-state index in [9.17, 15) is 0 Å². The minimum atomic E-state index is 0. The largest absolute Gasteiger partial charge is 3.00 e. The van der Waals surface area contributed by atoms with Crippen LogP contribution in [0.4, 0.5) is 0 Å². The smallest absolute Gasteiger partial charge is 0.305 e. The van der Waals surface area contributed by atoms with Crippen molar-refractivity contribution in [1.82, 2.24) is 15.0 Å². The van der Waals surface area contributed by atoms with Crippen molar-refractivity contribution in [2.75, 3.05) is 0 Å². The molecule has 3 nitrogen and oxygen atoms in total. The third kappa shape index (κ3) is 11.4. The van der Waals surface area contributed by atoms with Gasteiger partial charge in [-0.1, -0.05) is 77.9 Å². The van der Waals surface area contributed by atoms with Gasteiger partial charge in [0.15, 0.2) is 0 Å². The summed E-state index contributed by atoms with van der Waals surface area (Å²) in [4.78, 5) is 12.9. The van der Waals surface area contributed by atoms with E-state index in [1.807, 2.05) is 72.8 Å². The zero-order valence-corrected chi connectivity index (χ0v) is 30.5. The molecule has 0 aliphatic rings. The van der Waals surface area contributed by atoms with E-state index in [1.165, 1.54) is 11.1 Å². The van der Waals surface area contributed by atoms with E-state index < -0.39 is 0 Å². The second kappa shape index (κ2) is 17.4. The summed E-state index contributed by atoms with van der Waals surface area (Å²) in [6, 6.07) is 46.0. The number of hydrogen-bond donors (Lipinski definition) is 0. The van der Waals surface area contributed by atoms with Crippen molar-refractivity contribution in [2.45, 2.75) is 52.4 Å². The summed E-state index contributed by atoms with van der Waals surface area (Å²) in [5, 5.41) is 0. The van der Waals surface area contributed by atoms with Crippen molar-refractivity contribution < 1.29 is 20.1 Å². The van der Waals surface area contributed by atoms with Crippen LogP contribution in [0.3, 0.4) is 0 Å². The van der Waals surface area contributed by atoms with Gasteiger partial charge in [0, 0.05) is 18.6 Å². The molecule has 0 N–H and O–H groups in total. The Hall–Kier alpha value is -4.50. The molecule has 0 aliphatic carbocycles. The third-order valence-corrected chi connectivity index (χ3v) is 7.25. The van der Waals surface area contributed by atoms with Gasteiger partial charge < -0.3 is 15.0 Å². The van der Waals surface area contributed by atoms with Gasteiger partial charge in [-0.25, -0.2) is 0 Å². The zero-order chi connectivity index (χ0) is 33.0. The molecule has 6 rings (SSSR count). The van der Waals surface area contributed by atoms with Crippen molar-refractivity contribution >= 4 is 6.08 Å². The summed E-state index contributed by atoms with van der Waals surface area (Å²) in [5.74, 6) is 0. The summed E-state index contributed by atoms with van der Waals surface area (Å²) < 4.78 is 0. The van der Waals surface area contributed by atoms with E-state index >= 15 is 0 Å². The molecule has 0 aliphatic heterocycles. The molecule has 0 saturated carbocycles. The molecular weight excluding hydrogens is 751 g/mol. The van der Waals surface area contributed by atoms with Gasteiger partial charge in [0.25, 0.3) is 0 Å². The van der Waals surface area contributed by atoms with Crippen LogP contribution in [0.5, 0.6) is 0 Å². The molecule has 0 fully saturated rings. The standard InChI is InChI=1S/2C15H16N.C13H10N.Ir/c2*1-15(2,3)13-9-7-12(8-10-13)14-6-4-5-11-16-14;1-2-11-6-8-12(9-7-11)13-5-3-4-10-14-13;/h2*4-7,9-11H,1-3H3;2-8,10H,1H2;/q3*-1;+3. The van der Waals surface area contributed by atoms with Crippen LogP contribution in [-0.2, 0) is 30.9 Å². The summed E-state index contributed by atoms with van der Waals surface area (Å²) in [7, 11) is 0. The first kappa shape index (κ1) is 37.0. The summed E-state index contributed by atoms with van der Waals surface area (Å²) >= 11 is 0. The maximum absolute atomic E-state index is 4.31. The van der Waals surface area contributed by atoms with Crippen molar-refractivity contribution in [3.05, 3.63) is 169 Å². The van der Waals surface area contributed by atoms with E-state index in [-0.39, 0.29) is 30.9 Å². The van der Waals surface area contributed by atoms with Crippen LogP contribution >= 0.6 is 0 Å². The zero-order valence-electron chi connectivity index (χ0n) is 28.1. The van der Waals surface area contributed by atoms with Crippen LogP contribution < -0.4 is 0 Å². The fourth-order valence-electron chi connectivity index (χ4n) is 4.39. The Bertz CT molecular complexity index is 1660. The molecule has 3 aromatic heterocycles. The molecule has 0 spiro atoms. The minimum absolute atomic E-state index is 0. The first-order valence-corrected chi connectivity index (χ1v) is 15.5. The number of aromatic nitrogens is 3. The van der Waals surface area contributed by atoms with Gasteiger partial charge in [-0.15, -0.1) is 119 Å². The monoisotopic (exact) mass is 793 g/mol. The molecule has 3 aromatic carbocycles. The van der Waals surface area contributed by atoms with Crippen molar-refractivity contribution in [3.63, 3.8) is 0 Å². The summed E-state index contributed by atoms with van der Waals surface area (Å²) in [6.45, 7) is 16.9. The van der Waals surface area contributed by atoms with Crippen LogP contribution in [0.1, 0.15) is 58.2 Å². The molecule has 6 aromatic rings. The molecule has 0 bridgehead atoms. The average Bonchev–Trinajstić information content (AvgIpc) is 3.09. The van der Waals surface area contributed by atoms with Gasteiger partial charge in [0.2, 0.25) is 0 Å². The molecule has 47 heavy (non-hydrogen) atoms. The van der Waals surface area contributed by atoms with Gasteiger partial charge in [0.05, 0.1) is 0 Å². The first-order chi connectivity index (χ1) is 22.0. The topological polar surface area (TPSA) is 38.7 Å². The van der Waals surface area contributed by atoms with Gasteiger partial charge in [-0.05, 0) is 46.1 Å². The van der Waals surface area contributed by atoms with Gasteiger partial charge >= 0.3 is 20.1 Å². The maximum Gasteiger partial charge on any atom is 3.00 e. The van der Waals surface area contributed by atoms with Crippen molar-refractivity contribution in [3.8, 4) is 33.8 Å². The fourth-order valence-corrected chi connectivity index (χ4v) is 4.39. The Morgan fingerprint density at radius 2 is 0.851 bits per heavy atom. The first-order valence-electron chi connectivity index (χ1n) is 15.5.